The Morgan fingerprint density at radius 1 is 1.07 bits per heavy atom. The molecule has 0 aliphatic carbocycles. The van der Waals surface area contributed by atoms with E-state index in [1.807, 2.05) is 39.0 Å². The molecule has 0 N–H and O–H groups in total. The molecule has 0 spiro atoms. The summed E-state index contributed by atoms with van der Waals surface area (Å²) in [7, 11) is 0. The number of aryl methyl sites for hydroxylation is 2. The first-order chi connectivity index (χ1) is 14.0. The van der Waals surface area contributed by atoms with E-state index in [0.717, 1.165) is 24.0 Å². The SMILES string of the molecule is CCCCOC(=O)COc1ccc2c(=O)c(Oc3cc(C)ccc3C)coc2c1. The summed E-state index contributed by atoms with van der Waals surface area (Å²) in [4.78, 5) is 24.4. The first-order valence-corrected chi connectivity index (χ1v) is 9.57. The summed E-state index contributed by atoms with van der Waals surface area (Å²) >= 11 is 0. The monoisotopic (exact) mass is 396 g/mol. The average Bonchev–Trinajstić information content (AvgIpc) is 2.71. The fourth-order valence-corrected chi connectivity index (χ4v) is 2.70. The second-order valence-electron chi connectivity index (χ2n) is 6.82. The molecule has 152 valence electrons. The Labute approximate surface area is 169 Å². The summed E-state index contributed by atoms with van der Waals surface area (Å²) in [6, 6.07) is 10.6. The highest BCUT2D eigenvalue weighted by Crippen LogP contribution is 2.26. The molecular weight excluding hydrogens is 372 g/mol. The van der Waals surface area contributed by atoms with E-state index in [2.05, 4.69) is 0 Å². The predicted molar refractivity (Wildman–Crippen MR) is 110 cm³/mol. The Bertz CT molecular complexity index is 1070. The minimum atomic E-state index is -0.433. The van der Waals surface area contributed by atoms with Gasteiger partial charge >= 0.3 is 5.97 Å². The van der Waals surface area contributed by atoms with Gasteiger partial charge in [-0.25, -0.2) is 4.79 Å². The predicted octanol–water partition coefficient (Wildman–Crippen LogP) is 4.92. The molecule has 3 rings (SSSR count). The number of benzene rings is 2. The molecule has 0 aliphatic rings. The van der Waals surface area contributed by atoms with Gasteiger partial charge < -0.3 is 18.6 Å². The van der Waals surface area contributed by atoms with Crippen molar-refractivity contribution >= 4 is 16.9 Å². The van der Waals surface area contributed by atoms with Crippen molar-refractivity contribution < 1.29 is 23.4 Å². The van der Waals surface area contributed by atoms with E-state index in [-0.39, 0.29) is 17.8 Å². The fourth-order valence-electron chi connectivity index (χ4n) is 2.70. The van der Waals surface area contributed by atoms with Gasteiger partial charge in [-0.1, -0.05) is 25.5 Å². The molecule has 0 saturated heterocycles. The van der Waals surface area contributed by atoms with Crippen LogP contribution >= 0.6 is 0 Å². The number of rotatable bonds is 8. The molecule has 0 bridgehead atoms. The maximum absolute atomic E-state index is 12.8. The number of hydrogen-bond acceptors (Lipinski definition) is 6. The van der Waals surface area contributed by atoms with Crippen LogP contribution in [0.15, 0.2) is 51.9 Å². The van der Waals surface area contributed by atoms with Gasteiger partial charge in [-0.05, 0) is 49.6 Å². The summed E-state index contributed by atoms with van der Waals surface area (Å²) in [5, 5.41) is 0.366. The Morgan fingerprint density at radius 2 is 1.90 bits per heavy atom. The molecule has 0 unspecified atom stereocenters. The quantitative estimate of drug-likeness (QED) is 0.397. The number of carbonyl (C=O) groups excluding carboxylic acids is 1. The van der Waals surface area contributed by atoms with E-state index in [1.54, 1.807) is 18.2 Å². The molecule has 0 amide bonds. The summed E-state index contributed by atoms with van der Waals surface area (Å²) in [6.07, 6.45) is 3.06. The second kappa shape index (κ2) is 9.28. The molecule has 2 aromatic carbocycles. The van der Waals surface area contributed by atoms with E-state index < -0.39 is 5.97 Å². The molecule has 3 aromatic rings. The number of esters is 1. The van der Waals surface area contributed by atoms with Crippen LogP contribution in [0.5, 0.6) is 17.2 Å². The van der Waals surface area contributed by atoms with E-state index in [0.29, 0.717) is 29.1 Å². The smallest absolute Gasteiger partial charge is 0.344 e. The lowest BCUT2D eigenvalue weighted by Crippen LogP contribution is -2.15. The first-order valence-electron chi connectivity index (χ1n) is 9.57. The topological polar surface area (TPSA) is 75.0 Å². The Kier molecular flexibility index (Phi) is 6.54. The molecule has 0 saturated carbocycles. The third-order valence-electron chi connectivity index (χ3n) is 4.40. The van der Waals surface area contributed by atoms with Crippen molar-refractivity contribution in [3.8, 4) is 17.2 Å². The van der Waals surface area contributed by atoms with Crippen LogP contribution in [0, 0.1) is 13.8 Å². The fraction of sp³-hybridized carbons (Fsp3) is 0.304. The normalized spacial score (nSPS) is 10.7. The highest BCUT2D eigenvalue weighted by atomic mass is 16.6. The van der Waals surface area contributed by atoms with Crippen LogP contribution in [-0.4, -0.2) is 19.2 Å². The van der Waals surface area contributed by atoms with E-state index >= 15 is 0 Å². The molecule has 29 heavy (non-hydrogen) atoms. The van der Waals surface area contributed by atoms with Crippen molar-refractivity contribution in [3.63, 3.8) is 0 Å². The second-order valence-corrected chi connectivity index (χ2v) is 6.82. The van der Waals surface area contributed by atoms with Crippen LogP contribution in [-0.2, 0) is 9.53 Å². The number of ether oxygens (including phenoxy) is 3. The maximum atomic E-state index is 12.8. The van der Waals surface area contributed by atoms with Crippen LogP contribution in [0.3, 0.4) is 0 Å². The van der Waals surface area contributed by atoms with Crippen molar-refractivity contribution in [2.45, 2.75) is 33.6 Å². The van der Waals surface area contributed by atoms with Crippen molar-refractivity contribution in [1.82, 2.24) is 0 Å². The van der Waals surface area contributed by atoms with Gasteiger partial charge in [-0.2, -0.15) is 0 Å². The first kappa shape index (κ1) is 20.5. The van der Waals surface area contributed by atoms with Gasteiger partial charge in [0.1, 0.15) is 23.3 Å². The van der Waals surface area contributed by atoms with Gasteiger partial charge in [-0.3, -0.25) is 4.79 Å². The molecular formula is C23H24O6. The molecule has 6 nitrogen and oxygen atoms in total. The van der Waals surface area contributed by atoms with Crippen molar-refractivity contribution in [2.24, 2.45) is 0 Å². The van der Waals surface area contributed by atoms with Crippen LogP contribution in [0.2, 0.25) is 0 Å². The van der Waals surface area contributed by atoms with Crippen LogP contribution in [0.4, 0.5) is 0 Å². The van der Waals surface area contributed by atoms with Crippen molar-refractivity contribution in [3.05, 3.63) is 64.0 Å². The van der Waals surface area contributed by atoms with Gasteiger partial charge in [0.05, 0.1) is 12.0 Å². The minimum absolute atomic E-state index is 0.111. The molecule has 1 heterocycles. The third-order valence-corrected chi connectivity index (χ3v) is 4.40. The Hall–Kier alpha value is -3.28. The largest absolute Gasteiger partial charge is 0.482 e. The highest BCUT2D eigenvalue weighted by molar-refractivity contribution is 5.79. The van der Waals surface area contributed by atoms with Gasteiger partial charge in [0.2, 0.25) is 11.2 Å². The molecule has 0 atom stereocenters. The summed E-state index contributed by atoms with van der Waals surface area (Å²) in [5.74, 6) is 0.700. The van der Waals surface area contributed by atoms with Crippen LogP contribution < -0.4 is 14.9 Å². The number of unbranched alkanes of at least 4 members (excludes halogenated alkanes) is 1. The lowest BCUT2D eigenvalue weighted by atomic mass is 10.1. The third kappa shape index (κ3) is 5.16. The van der Waals surface area contributed by atoms with E-state index in [9.17, 15) is 9.59 Å². The standard InChI is InChI=1S/C23H24O6/c1-4-5-10-26-22(24)14-27-17-8-9-18-20(12-17)28-13-21(23(18)25)29-19-11-15(2)6-7-16(19)3/h6-9,11-13H,4-5,10,14H2,1-3H3. The van der Waals surface area contributed by atoms with Crippen LogP contribution in [0.1, 0.15) is 30.9 Å². The summed E-state index contributed by atoms with van der Waals surface area (Å²) in [6.45, 7) is 6.07. The van der Waals surface area contributed by atoms with Gasteiger partial charge in [0.15, 0.2) is 6.61 Å². The number of hydrogen-bond donors (Lipinski definition) is 0. The van der Waals surface area contributed by atoms with Crippen molar-refractivity contribution in [1.29, 1.82) is 0 Å². The average molecular weight is 396 g/mol. The highest BCUT2D eigenvalue weighted by Gasteiger charge is 2.12. The van der Waals surface area contributed by atoms with E-state index in [1.165, 1.54) is 6.26 Å². The van der Waals surface area contributed by atoms with Gasteiger partial charge in [0.25, 0.3) is 0 Å². The lowest BCUT2D eigenvalue weighted by molar-refractivity contribution is -0.146. The number of fused-ring (bicyclic) bond motifs is 1. The molecule has 0 radical (unpaired) electrons. The molecule has 6 heteroatoms. The van der Waals surface area contributed by atoms with Crippen molar-refractivity contribution in [2.75, 3.05) is 13.2 Å². The summed E-state index contributed by atoms with van der Waals surface area (Å²) in [5.41, 5.74) is 2.02. The summed E-state index contributed by atoms with van der Waals surface area (Å²) < 4.78 is 21.8. The molecule has 0 fully saturated rings. The zero-order chi connectivity index (χ0) is 20.8. The Balaban J connectivity index is 1.74. The zero-order valence-corrected chi connectivity index (χ0v) is 16.8. The van der Waals surface area contributed by atoms with E-state index in [4.69, 9.17) is 18.6 Å². The number of carbonyl (C=O) groups is 1. The maximum Gasteiger partial charge on any atom is 0.344 e. The zero-order valence-electron chi connectivity index (χ0n) is 16.8. The molecule has 1 aromatic heterocycles. The van der Waals surface area contributed by atoms with Crippen LogP contribution in [0.25, 0.3) is 11.0 Å². The lowest BCUT2D eigenvalue weighted by Gasteiger charge is -2.10. The molecule has 0 aliphatic heterocycles. The van der Waals surface area contributed by atoms with Gasteiger partial charge in [-0.15, -0.1) is 0 Å². The Morgan fingerprint density at radius 3 is 2.69 bits per heavy atom. The minimum Gasteiger partial charge on any atom is -0.482 e. The van der Waals surface area contributed by atoms with Gasteiger partial charge in [0, 0.05) is 6.07 Å².